The zero-order valence-electron chi connectivity index (χ0n) is 11.4. The first-order valence-corrected chi connectivity index (χ1v) is 6.20. The van der Waals surface area contributed by atoms with Crippen LogP contribution in [0.15, 0.2) is 34.3 Å². The molecule has 0 bridgehead atoms. The van der Waals surface area contributed by atoms with Gasteiger partial charge in [0.1, 0.15) is 0 Å². The Bertz CT molecular complexity index is 699. The fourth-order valence-corrected chi connectivity index (χ4v) is 2.07. The monoisotopic (exact) mass is 275 g/mol. The van der Waals surface area contributed by atoms with Gasteiger partial charge in [-0.15, -0.1) is 0 Å². The fourth-order valence-electron chi connectivity index (χ4n) is 2.07. The van der Waals surface area contributed by atoms with Gasteiger partial charge in [-0.1, -0.05) is 5.16 Å². The van der Waals surface area contributed by atoms with Crippen LogP contribution in [0.25, 0.3) is 0 Å². The van der Waals surface area contributed by atoms with Crippen molar-refractivity contribution in [2.45, 2.75) is 19.9 Å². The van der Waals surface area contributed by atoms with Crippen molar-refractivity contribution in [2.24, 2.45) is 17.9 Å². The molecule has 0 radical (unpaired) electrons. The molecule has 0 spiro atoms. The van der Waals surface area contributed by atoms with Crippen molar-refractivity contribution in [2.75, 3.05) is 0 Å². The molecular weight excluding hydrogens is 258 g/mol. The second-order valence-corrected chi connectivity index (χ2v) is 4.53. The lowest BCUT2D eigenvalue weighted by Gasteiger charge is -2.11. The molecule has 2 heterocycles. The van der Waals surface area contributed by atoms with E-state index < -0.39 is 0 Å². The Morgan fingerprint density at radius 2 is 2.20 bits per heavy atom. The van der Waals surface area contributed by atoms with Crippen molar-refractivity contribution in [1.29, 1.82) is 0 Å². The molecule has 0 amide bonds. The predicted octanol–water partition coefficient (Wildman–Crippen LogP) is 0.227. The maximum atomic E-state index is 12.3. The number of aromatic nitrogens is 3. The quantitative estimate of drug-likeness (QED) is 0.361. The Hall–Kier alpha value is -2.57. The first-order valence-electron chi connectivity index (χ1n) is 6.20. The summed E-state index contributed by atoms with van der Waals surface area (Å²) in [7, 11) is 1.86. The standard InChI is InChI=1S/C13H17N5O2/c1-9-3-4-11(12(14)16-20)13(19)18(9)8-6-10-5-7-15-17(10)2/h3-5,7,20H,6,8H2,1-2H3,(H2,14,16). The fraction of sp³-hybridized carbons (Fsp3) is 0.308. The molecule has 2 rings (SSSR count). The highest BCUT2D eigenvalue weighted by Gasteiger charge is 2.10. The minimum absolute atomic E-state index is 0.177. The van der Waals surface area contributed by atoms with Crippen molar-refractivity contribution < 1.29 is 5.21 Å². The molecule has 0 atom stereocenters. The third-order valence-corrected chi connectivity index (χ3v) is 3.29. The summed E-state index contributed by atoms with van der Waals surface area (Å²) in [6.45, 7) is 2.36. The first kappa shape index (κ1) is 13.9. The van der Waals surface area contributed by atoms with E-state index in [4.69, 9.17) is 10.9 Å². The molecular formula is C13H17N5O2. The van der Waals surface area contributed by atoms with Crippen LogP contribution in [0, 0.1) is 6.92 Å². The number of hydrogen-bond donors (Lipinski definition) is 2. The summed E-state index contributed by atoms with van der Waals surface area (Å²) in [5.74, 6) is -0.177. The van der Waals surface area contributed by atoms with E-state index in [-0.39, 0.29) is 17.0 Å². The van der Waals surface area contributed by atoms with Gasteiger partial charge in [-0.05, 0) is 25.1 Å². The maximum absolute atomic E-state index is 12.3. The molecule has 0 fully saturated rings. The van der Waals surface area contributed by atoms with Crippen molar-refractivity contribution in [3.63, 3.8) is 0 Å². The topological polar surface area (TPSA) is 98.4 Å². The molecule has 7 heteroatoms. The molecule has 2 aromatic rings. The van der Waals surface area contributed by atoms with Gasteiger partial charge >= 0.3 is 0 Å². The maximum Gasteiger partial charge on any atom is 0.261 e. The number of nitrogens with zero attached hydrogens (tertiary/aromatic N) is 4. The Kier molecular flexibility index (Phi) is 3.88. The second kappa shape index (κ2) is 5.60. The van der Waals surface area contributed by atoms with Gasteiger partial charge in [-0.2, -0.15) is 5.10 Å². The molecule has 7 nitrogen and oxygen atoms in total. The number of aryl methyl sites for hydroxylation is 3. The average Bonchev–Trinajstić information content (AvgIpc) is 2.83. The molecule has 0 aromatic carbocycles. The van der Waals surface area contributed by atoms with E-state index in [0.717, 1.165) is 11.4 Å². The first-order chi connectivity index (χ1) is 9.54. The zero-order chi connectivity index (χ0) is 14.7. The molecule has 2 aromatic heterocycles. The summed E-state index contributed by atoms with van der Waals surface area (Å²) in [6.07, 6.45) is 2.40. The summed E-state index contributed by atoms with van der Waals surface area (Å²) in [5.41, 5.74) is 7.30. The second-order valence-electron chi connectivity index (χ2n) is 4.53. The highest BCUT2D eigenvalue weighted by molar-refractivity contribution is 5.96. The highest BCUT2D eigenvalue weighted by atomic mass is 16.4. The lowest BCUT2D eigenvalue weighted by molar-refractivity contribution is 0.318. The van der Waals surface area contributed by atoms with Crippen LogP contribution in [-0.2, 0) is 20.0 Å². The summed E-state index contributed by atoms with van der Waals surface area (Å²) < 4.78 is 3.38. The summed E-state index contributed by atoms with van der Waals surface area (Å²) in [5, 5.41) is 15.7. The highest BCUT2D eigenvalue weighted by Crippen LogP contribution is 2.03. The molecule has 106 valence electrons. The van der Waals surface area contributed by atoms with Gasteiger partial charge in [0, 0.05) is 37.6 Å². The molecule has 0 aliphatic rings. The van der Waals surface area contributed by atoms with Crippen LogP contribution >= 0.6 is 0 Å². The normalized spacial score (nSPS) is 11.8. The van der Waals surface area contributed by atoms with Crippen molar-refractivity contribution in [1.82, 2.24) is 14.3 Å². The summed E-state index contributed by atoms with van der Waals surface area (Å²) in [4.78, 5) is 12.3. The van der Waals surface area contributed by atoms with Crippen LogP contribution in [0.4, 0.5) is 0 Å². The van der Waals surface area contributed by atoms with E-state index in [1.807, 2.05) is 20.0 Å². The van der Waals surface area contributed by atoms with Crippen LogP contribution in [0.5, 0.6) is 0 Å². The number of pyridine rings is 1. The molecule has 0 saturated carbocycles. The van der Waals surface area contributed by atoms with Crippen molar-refractivity contribution >= 4 is 5.84 Å². The van der Waals surface area contributed by atoms with E-state index >= 15 is 0 Å². The van der Waals surface area contributed by atoms with Crippen LogP contribution in [0.2, 0.25) is 0 Å². The Balaban J connectivity index is 2.32. The van der Waals surface area contributed by atoms with Gasteiger partial charge in [0.2, 0.25) is 0 Å². The van der Waals surface area contributed by atoms with E-state index in [9.17, 15) is 4.79 Å². The zero-order valence-corrected chi connectivity index (χ0v) is 11.4. The molecule has 0 saturated heterocycles. The molecule has 0 unspecified atom stereocenters. The minimum atomic E-state index is -0.262. The third-order valence-electron chi connectivity index (χ3n) is 3.29. The molecule has 0 aliphatic heterocycles. The smallest absolute Gasteiger partial charge is 0.261 e. The Labute approximate surface area is 115 Å². The summed E-state index contributed by atoms with van der Waals surface area (Å²) in [6, 6.07) is 5.25. The average molecular weight is 275 g/mol. The number of nitrogens with two attached hydrogens (primary N) is 1. The van der Waals surface area contributed by atoms with Crippen molar-refractivity contribution in [3.05, 3.63) is 51.7 Å². The number of hydrogen-bond acceptors (Lipinski definition) is 4. The van der Waals surface area contributed by atoms with Gasteiger partial charge in [0.25, 0.3) is 5.56 Å². The van der Waals surface area contributed by atoms with E-state index in [2.05, 4.69) is 10.3 Å². The van der Waals surface area contributed by atoms with E-state index in [0.29, 0.717) is 13.0 Å². The molecule has 20 heavy (non-hydrogen) atoms. The van der Waals surface area contributed by atoms with E-state index in [1.54, 1.807) is 27.6 Å². The molecule has 3 N–H and O–H groups in total. The summed E-state index contributed by atoms with van der Waals surface area (Å²) >= 11 is 0. The van der Waals surface area contributed by atoms with Crippen molar-refractivity contribution in [3.8, 4) is 0 Å². The van der Waals surface area contributed by atoms with Gasteiger partial charge in [0.15, 0.2) is 5.84 Å². The Morgan fingerprint density at radius 1 is 1.45 bits per heavy atom. The SMILES string of the molecule is Cc1ccc(/C(N)=N/O)c(=O)n1CCc1ccnn1C. The van der Waals surface area contributed by atoms with E-state index in [1.165, 1.54) is 0 Å². The van der Waals surface area contributed by atoms with Gasteiger partial charge < -0.3 is 15.5 Å². The van der Waals surface area contributed by atoms with Crippen LogP contribution in [-0.4, -0.2) is 25.4 Å². The molecule has 0 aliphatic carbocycles. The lowest BCUT2D eigenvalue weighted by atomic mass is 10.2. The number of amidine groups is 1. The van der Waals surface area contributed by atoms with Gasteiger partial charge in [0.05, 0.1) is 5.56 Å². The predicted molar refractivity (Wildman–Crippen MR) is 74.9 cm³/mol. The van der Waals surface area contributed by atoms with Crippen LogP contribution in [0.3, 0.4) is 0 Å². The lowest BCUT2D eigenvalue weighted by Crippen LogP contribution is -2.31. The van der Waals surface area contributed by atoms with Crippen LogP contribution < -0.4 is 11.3 Å². The minimum Gasteiger partial charge on any atom is -0.409 e. The Morgan fingerprint density at radius 3 is 2.80 bits per heavy atom. The van der Waals surface area contributed by atoms with Crippen LogP contribution in [0.1, 0.15) is 17.0 Å². The largest absolute Gasteiger partial charge is 0.409 e. The number of oxime groups is 1. The number of rotatable bonds is 4. The van der Waals surface area contributed by atoms with Gasteiger partial charge in [-0.3, -0.25) is 9.48 Å². The van der Waals surface area contributed by atoms with Gasteiger partial charge in [-0.25, -0.2) is 0 Å². The third kappa shape index (κ3) is 2.56.